The van der Waals surface area contributed by atoms with Gasteiger partial charge in [-0.15, -0.1) is 0 Å². The molecule has 0 spiro atoms. The van der Waals surface area contributed by atoms with Crippen LogP contribution < -0.4 is 4.74 Å². The molecular weight excluding hydrogens is 450 g/mol. The molecule has 0 fully saturated rings. The van der Waals surface area contributed by atoms with Gasteiger partial charge in [0.2, 0.25) is 0 Å². The summed E-state index contributed by atoms with van der Waals surface area (Å²) in [4.78, 5) is 30.3. The maximum Gasteiger partial charge on any atom is 0.306 e. The molecule has 7 heteroatoms. The van der Waals surface area contributed by atoms with Crippen molar-refractivity contribution in [1.29, 1.82) is 0 Å². The van der Waals surface area contributed by atoms with Crippen LogP contribution in [0.4, 0.5) is 0 Å². The molecule has 1 N–H and O–H groups in total. The third kappa shape index (κ3) is 8.05. The number of methoxy groups -OCH3 is 1. The van der Waals surface area contributed by atoms with E-state index in [0.717, 1.165) is 30.5 Å². The van der Waals surface area contributed by atoms with Gasteiger partial charge < -0.3 is 14.6 Å². The number of ether oxygens (including phenoxy) is 2. The molecule has 0 saturated carbocycles. The van der Waals surface area contributed by atoms with Gasteiger partial charge in [-0.25, -0.2) is 4.98 Å². The molecule has 0 amide bonds. The monoisotopic (exact) mass is 491 g/mol. The van der Waals surface area contributed by atoms with E-state index in [2.05, 4.69) is 18.0 Å². The van der Waals surface area contributed by atoms with Crippen molar-refractivity contribution in [3.05, 3.63) is 28.3 Å². The van der Waals surface area contributed by atoms with Crippen molar-refractivity contribution in [2.75, 3.05) is 7.11 Å². The lowest BCUT2D eigenvalue weighted by Gasteiger charge is -2.31. The molecule has 0 aliphatic carbocycles. The highest BCUT2D eigenvalue weighted by molar-refractivity contribution is 7.11. The summed E-state index contributed by atoms with van der Waals surface area (Å²) >= 11 is 1.42. The lowest BCUT2D eigenvalue weighted by molar-refractivity contribution is -0.148. The second kappa shape index (κ2) is 12.6. The summed E-state index contributed by atoms with van der Waals surface area (Å²) in [6, 6.07) is 0. The number of rotatable bonds is 3. The summed E-state index contributed by atoms with van der Waals surface area (Å²) < 4.78 is 11.1. The van der Waals surface area contributed by atoms with Crippen LogP contribution in [0, 0.1) is 17.3 Å². The van der Waals surface area contributed by atoms with Gasteiger partial charge in [-0.3, -0.25) is 9.59 Å². The molecule has 0 radical (unpaired) electrons. The minimum absolute atomic E-state index is 0.00655. The van der Waals surface area contributed by atoms with E-state index in [1.165, 1.54) is 16.9 Å². The zero-order valence-corrected chi connectivity index (χ0v) is 22.5. The number of aliphatic hydroxyl groups is 1. The SMILES string of the molecule is COc1nc(/C=C(\C)C2C/C=C(/C)CCC[C@H](C)C(O)[C@@H](C)C(=O)C(C)(C)CCC(=O)O2)cs1. The van der Waals surface area contributed by atoms with E-state index >= 15 is 0 Å². The molecule has 2 rings (SSSR count). The lowest BCUT2D eigenvalue weighted by atomic mass is 9.74. The molecule has 0 bridgehead atoms. The Bertz CT molecular complexity index is 901. The highest BCUT2D eigenvalue weighted by Gasteiger charge is 2.36. The Labute approximate surface area is 208 Å². The van der Waals surface area contributed by atoms with Gasteiger partial charge >= 0.3 is 5.97 Å². The van der Waals surface area contributed by atoms with Gasteiger partial charge in [-0.05, 0) is 57.1 Å². The molecule has 190 valence electrons. The molecule has 4 atom stereocenters. The van der Waals surface area contributed by atoms with Crippen molar-refractivity contribution in [3.63, 3.8) is 0 Å². The van der Waals surface area contributed by atoms with Crippen LogP contribution >= 0.6 is 11.3 Å². The first-order valence-corrected chi connectivity index (χ1v) is 13.1. The van der Waals surface area contributed by atoms with E-state index in [-0.39, 0.29) is 24.1 Å². The Balaban J connectivity index is 2.27. The lowest BCUT2D eigenvalue weighted by Crippen LogP contribution is -2.39. The molecule has 1 aromatic rings. The number of nitrogens with zero attached hydrogens (tertiary/aromatic N) is 1. The van der Waals surface area contributed by atoms with Crippen LogP contribution in [-0.2, 0) is 14.3 Å². The third-order valence-corrected chi connectivity index (χ3v) is 7.69. The van der Waals surface area contributed by atoms with E-state index in [9.17, 15) is 14.7 Å². The van der Waals surface area contributed by atoms with Crippen molar-refractivity contribution >= 4 is 29.2 Å². The molecule has 1 aliphatic rings. The van der Waals surface area contributed by atoms with Crippen molar-refractivity contribution in [3.8, 4) is 5.19 Å². The predicted octanol–water partition coefficient (Wildman–Crippen LogP) is 6.00. The number of aromatic nitrogens is 1. The zero-order chi connectivity index (χ0) is 25.5. The van der Waals surface area contributed by atoms with Crippen LogP contribution in [0.3, 0.4) is 0 Å². The van der Waals surface area contributed by atoms with Gasteiger partial charge in [0.25, 0.3) is 5.19 Å². The summed E-state index contributed by atoms with van der Waals surface area (Å²) in [6.45, 7) is 11.5. The number of Topliss-reactive ketones (excluding diaryl/α,β-unsaturated/α-hetero) is 1. The van der Waals surface area contributed by atoms with E-state index in [1.54, 1.807) is 14.0 Å². The fourth-order valence-corrected chi connectivity index (χ4v) is 4.98. The Kier molecular flexibility index (Phi) is 10.5. The fraction of sp³-hybridized carbons (Fsp3) is 0.667. The van der Waals surface area contributed by atoms with E-state index in [4.69, 9.17) is 9.47 Å². The zero-order valence-electron chi connectivity index (χ0n) is 21.7. The second-order valence-electron chi connectivity index (χ2n) is 10.3. The maximum atomic E-state index is 13.1. The van der Waals surface area contributed by atoms with Crippen LogP contribution in [0.1, 0.15) is 85.8 Å². The molecule has 0 aromatic carbocycles. The van der Waals surface area contributed by atoms with Crippen LogP contribution in [0.5, 0.6) is 5.19 Å². The quantitative estimate of drug-likeness (QED) is 0.412. The van der Waals surface area contributed by atoms with Gasteiger partial charge in [0.15, 0.2) is 0 Å². The van der Waals surface area contributed by atoms with Crippen molar-refractivity contribution in [2.24, 2.45) is 17.3 Å². The Hall–Kier alpha value is -1.99. The smallest absolute Gasteiger partial charge is 0.306 e. The fourth-order valence-electron chi connectivity index (χ4n) is 4.39. The number of esters is 1. The first kappa shape index (κ1) is 28.2. The third-order valence-electron chi connectivity index (χ3n) is 6.87. The Morgan fingerprint density at radius 2 is 2.00 bits per heavy atom. The number of carbonyl (C=O) groups excluding carboxylic acids is 2. The van der Waals surface area contributed by atoms with Crippen molar-refractivity contribution in [2.45, 2.75) is 92.3 Å². The summed E-state index contributed by atoms with van der Waals surface area (Å²) in [5.41, 5.74) is 2.19. The van der Waals surface area contributed by atoms with Gasteiger partial charge in [0.05, 0.1) is 18.9 Å². The van der Waals surface area contributed by atoms with Crippen LogP contribution in [0.25, 0.3) is 6.08 Å². The number of thiazole rings is 1. The van der Waals surface area contributed by atoms with E-state index in [1.807, 2.05) is 39.2 Å². The summed E-state index contributed by atoms with van der Waals surface area (Å²) in [7, 11) is 1.59. The highest BCUT2D eigenvalue weighted by Crippen LogP contribution is 2.32. The highest BCUT2D eigenvalue weighted by atomic mass is 32.1. The topological polar surface area (TPSA) is 85.7 Å². The number of hydrogen-bond acceptors (Lipinski definition) is 7. The van der Waals surface area contributed by atoms with E-state index in [0.29, 0.717) is 18.0 Å². The molecule has 1 aliphatic heterocycles. The first-order chi connectivity index (χ1) is 15.9. The van der Waals surface area contributed by atoms with E-state index < -0.39 is 23.5 Å². The summed E-state index contributed by atoms with van der Waals surface area (Å²) in [6.07, 6.45) is 6.78. The molecule has 34 heavy (non-hydrogen) atoms. The molecule has 1 aromatic heterocycles. The Morgan fingerprint density at radius 3 is 2.65 bits per heavy atom. The number of aliphatic hydroxyl groups excluding tert-OH is 1. The standard InChI is InChI=1S/C27H41NO5S/c1-17-9-8-10-18(2)24(30)20(4)25(31)27(5,6)14-13-23(29)33-22(12-11-17)19(3)15-21-16-34-26(28-21)32-7/h11,15-16,18,20,22,24,30H,8-10,12-14H2,1-7H3/b17-11-,19-15+/t18-,20+,22?,24?/m0/s1. The second-order valence-corrected chi connectivity index (χ2v) is 11.1. The summed E-state index contributed by atoms with van der Waals surface area (Å²) in [5, 5.41) is 13.3. The van der Waals surface area contributed by atoms with Gasteiger partial charge in [0.1, 0.15) is 11.9 Å². The minimum Gasteiger partial charge on any atom is -0.473 e. The predicted molar refractivity (Wildman–Crippen MR) is 137 cm³/mol. The van der Waals surface area contributed by atoms with Crippen molar-refractivity contribution in [1.82, 2.24) is 4.98 Å². The molecule has 2 unspecified atom stereocenters. The molecule has 2 heterocycles. The van der Waals surface area contributed by atoms with Crippen LogP contribution in [0.15, 0.2) is 22.6 Å². The minimum atomic E-state index is -0.718. The van der Waals surface area contributed by atoms with Gasteiger partial charge in [-0.2, -0.15) is 0 Å². The number of ketones is 1. The largest absolute Gasteiger partial charge is 0.473 e. The Morgan fingerprint density at radius 1 is 1.29 bits per heavy atom. The number of carbonyl (C=O) groups is 2. The number of cyclic esters (lactones) is 1. The van der Waals surface area contributed by atoms with Gasteiger partial charge in [0, 0.05) is 29.6 Å². The van der Waals surface area contributed by atoms with Crippen LogP contribution in [-0.4, -0.2) is 41.2 Å². The normalized spacial score (nSPS) is 29.8. The van der Waals surface area contributed by atoms with Crippen molar-refractivity contribution < 1.29 is 24.2 Å². The molecule has 0 saturated heterocycles. The summed E-state index contributed by atoms with van der Waals surface area (Å²) in [5.74, 6) is -0.769. The average molecular weight is 492 g/mol. The number of hydrogen-bond donors (Lipinski definition) is 1. The first-order valence-electron chi connectivity index (χ1n) is 12.2. The maximum absolute atomic E-state index is 13.1. The molecule has 6 nitrogen and oxygen atoms in total. The van der Waals surface area contributed by atoms with Crippen LogP contribution in [0.2, 0.25) is 0 Å². The molecular formula is C27H41NO5S. The van der Waals surface area contributed by atoms with Gasteiger partial charge in [-0.1, -0.05) is 50.7 Å². The average Bonchev–Trinajstić information content (AvgIpc) is 3.25. The number of allylic oxidation sites excluding steroid dienone is 1.